The van der Waals surface area contributed by atoms with Crippen LogP contribution in [0.25, 0.3) is 16.9 Å². The molecule has 0 saturated carbocycles. The van der Waals surface area contributed by atoms with E-state index in [4.69, 9.17) is 9.72 Å². The van der Waals surface area contributed by atoms with Gasteiger partial charge in [-0.05, 0) is 42.8 Å². The van der Waals surface area contributed by atoms with E-state index < -0.39 is 0 Å². The standard InChI is InChI=1S/C26H24N4O3/c1-18-5-4-14-29-17-21(28-26(18)29)19-8-10-20(11-9-19)27-24(31)12-13-25(32)30-15-16-33-23-7-3-2-6-22(23)30/h2-11,14,17H,12-13,15-16H2,1H3,(H,27,31). The van der Waals surface area contributed by atoms with Crippen LogP contribution in [0.5, 0.6) is 5.75 Å². The van der Waals surface area contributed by atoms with Crippen LogP contribution in [0, 0.1) is 6.92 Å². The van der Waals surface area contributed by atoms with Gasteiger partial charge in [-0.15, -0.1) is 0 Å². The van der Waals surface area contributed by atoms with Crippen molar-refractivity contribution in [2.75, 3.05) is 23.4 Å². The smallest absolute Gasteiger partial charge is 0.227 e. The van der Waals surface area contributed by atoms with Crippen molar-refractivity contribution in [2.45, 2.75) is 19.8 Å². The highest BCUT2D eigenvalue weighted by Crippen LogP contribution is 2.31. The molecule has 166 valence electrons. The van der Waals surface area contributed by atoms with E-state index in [2.05, 4.69) is 5.32 Å². The zero-order chi connectivity index (χ0) is 22.8. The van der Waals surface area contributed by atoms with E-state index in [0.717, 1.165) is 28.2 Å². The molecule has 3 heterocycles. The predicted octanol–water partition coefficient (Wildman–Crippen LogP) is 4.45. The van der Waals surface area contributed by atoms with Crippen molar-refractivity contribution >= 4 is 28.8 Å². The van der Waals surface area contributed by atoms with Gasteiger partial charge in [0.15, 0.2) is 0 Å². The number of para-hydroxylation sites is 2. The summed E-state index contributed by atoms with van der Waals surface area (Å²) in [6.45, 7) is 2.97. The fourth-order valence-corrected chi connectivity index (χ4v) is 4.02. The van der Waals surface area contributed by atoms with Gasteiger partial charge in [0.05, 0.1) is 17.9 Å². The van der Waals surface area contributed by atoms with Crippen molar-refractivity contribution < 1.29 is 14.3 Å². The molecule has 4 aromatic rings. The maximum atomic E-state index is 12.7. The summed E-state index contributed by atoms with van der Waals surface area (Å²) in [6.07, 6.45) is 4.22. The van der Waals surface area contributed by atoms with Gasteiger partial charge in [-0.3, -0.25) is 9.59 Å². The highest BCUT2D eigenvalue weighted by atomic mass is 16.5. The van der Waals surface area contributed by atoms with Crippen molar-refractivity contribution in [3.05, 3.63) is 78.6 Å². The summed E-state index contributed by atoms with van der Waals surface area (Å²) in [5.74, 6) is 0.418. The molecule has 2 aromatic heterocycles. The number of fused-ring (bicyclic) bond motifs is 2. The summed E-state index contributed by atoms with van der Waals surface area (Å²) in [6, 6.07) is 19.1. The zero-order valence-corrected chi connectivity index (χ0v) is 18.3. The van der Waals surface area contributed by atoms with Crippen molar-refractivity contribution in [1.82, 2.24) is 9.38 Å². The fourth-order valence-electron chi connectivity index (χ4n) is 4.02. The number of nitrogens with zero attached hydrogens (tertiary/aromatic N) is 3. The van der Waals surface area contributed by atoms with Gasteiger partial charge >= 0.3 is 0 Å². The van der Waals surface area contributed by atoms with E-state index in [1.165, 1.54) is 0 Å². The number of ether oxygens (including phenoxy) is 1. The molecule has 0 bridgehead atoms. The average molecular weight is 441 g/mol. The second-order valence-corrected chi connectivity index (χ2v) is 8.04. The summed E-state index contributed by atoms with van der Waals surface area (Å²) in [5.41, 5.74) is 5.33. The molecule has 0 saturated heterocycles. The lowest BCUT2D eigenvalue weighted by atomic mass is 10.1. The third-order valence-corrected chi connectivity index (χ3v) is 5.74. The molecule has 1 aliphatic rings. The first kappa shape index (κ1) is 20.8. The Morgan fingerprint density at radius 1 is 1.03 bits per heavy atom. The number of hydrogen-bond donors (Lipinski definition) is 1. The van der Waals surface area contributed by atoms with Gasteiger partial charge in [0.2, 0.25) is 11.8 Å². The van der Waals surface area contributed by atoms with E-state index in [-0.39, 0.29) is 24.7 Å². The van der Waals surface area contributed by atoms with Gasteiger partial charge in [-0.1, -0.05) is 30.3 Å². The number of anilines is 2. The minimum atomic E-state index is -0.194. The number of benzene rings is 2. The lowest BCUT2D eigenvalue weighted by Crippen LogP contribution is -2.38. The number of imidazole rings is 1. The molecule has 0 radical (unpaired) electrons. The number of pyridine rings is 1. The third-order valence-electron chi connectivity index (χ3n) is 5.74. The molecule has 7 nitrogen and oxygen atoms in total. The van der Waals surface area contributed by atoms with Crippen LogP contribution in [0.2, 0.25) is 0 Å². The van der Waals surface area contributed by atoms with Crippen LogP contribution in [-0.4, -0.2) is 34.4 Å². The average Bonchev–Trinajstić information content (AvgIpc) is 3.28. The van der Waals surface area contributed by atoms with E-state index in [1.807, 2.05) is 84.4 Å². The Morgan fingerprint density at radius 2 is 1.85 bits per heavy atom. The number of aromatic nitrogens is 2. The number of carbonyl (C=O) groups excluding carboxylic acids is 2. The Labute approximate surface area is 191 Å². The molecule has 1 N–H and O–H groups in total. The number of amides is 2. The summed E-state index contributed by atoms with van der Waals surface area (Å²) >= 11 is 0. The van der Waals surface area contributed by atoms with Gasteiger partial charge in [0.25, 0.3) is 0 Å². The lowest BCUT2D eigenvalue weighted by Gasteiger charge is -2.29. The normalized spacial score (nSPS) is 12.8. The number of rotatable bonds is 5. The quantitative estimate of drug-likeness (QED) is 0.497. The summed E-state index contributed by atoms with van der Waals surface area (Å²) in [4.78, 5) is 31.5. The highest BCUT2D eigenvalue weighted by Gasteiger charge is 2.23. The maximum absolute atomic E-state index is 12.7. The molecule has 1 aliphatic heterocycles. The van der Waals surface area contributed by atoms with E-state index in [0.29, 0.717) is 24.6 Å². The Morgan fingerprint density at radius 3 is 2.67 bits per heavy atom. The Bertz CT molecular complexity index is 1330. The van der Waals surface area contributed by atoms with Crippen LogP contribution in [0.4, 0.5) is 11.4 Å². The molecule has 2 aromatic carbocycles. The molecule has 7 heteroatoms. The molecule has 0 aliphatic carbocycles. The molecule has 0 spiro atoms. The predicted molar refractivity (Wildman–Crippen MR) is 128 cm³/mol. The first-order valence-corrected chi connectivity index (χ1v) is 11.0. The van der Waals surface area contributed by atoms with E-state index in [9.17, 15) is 9.59 Å². The zero-order valence-electron chi connectivity index (χ0n) is 18.3. The van der Waals surface area contributed by atoms with Gasteiger partial charge < -0.3 is 19.4 Å². The van der Waals surface area contributed by atoms with Crippen molar-refractivity contribution in [1.29, 1.82) is 0 Å². The SMILES string of the molecule is Cc1cccn2cc(-c3ccc(NC(=O)CCC(=O)N4CCOc5ccccc54)cc3)nc12. The molecule has 0 fully saturated rings. The minimum Gasteiger partial charge on any atom is -0.490 e. The van der Waals surface area contributed by atoms with Crippen LogP contribution < -0.4 is 15.0 Å². The van der Waals surface area contributed by atoms with Crippen LogP contribution in [-0.2, 0) is 9.59 Å². The Kier molecular flexibility index (Phi) is 5.52. The summed E-state index contributed by atoms with van der Waals surface area (Å²) in [5, 5.41) is 2.87. The number of hydrogen-bond acceptors (Lipinski definition) is 4. The number of aryl methyl sites for hydroxylation is 1. The minimum absolute atomic E-state index is 0.0848. The fraction of sp³-hybridized carbons (Fsp3) is 0.192. The second-order valence-electron chi connectivity index (χ2n) is 8.04. The summed E-state index contributed by atoms with van der Waals surface area (Å²) < 4.78 is 7.60. The maximum Gasteiger partial charge on any atom is 0.227 e. The molecular formula is C26H24N4O3. The monoisotopic (exact) mass is 440 g/mol. The third kappa shape index (κ3) is 4.30. The number of nitrogens with one attached hydrogen (secondary N) is 1. The molecule has 5 rings (SSSR count). The Hall–Kier alpha value is -4.13. The first-order chi connectivity index (χ1) is 16.1. The molecule has 0 atom stereocenters. The lowest BCUT2D eigenvalue weighted by molar-refractivity contribution is -0.122. The largest absolute Gasteiger partial charge is 0.490 e. The van der Waals surface area contributed by atoms with E-state index >= 15 is 0 Å². The second kappa shape index (κ2) is 8.78. The topological polar surface area (TPSA) is 75.9 Å². The van der Waals surface area contributed by atoms with Gasteiger partial charge in [-0.2, -0.15) is 0 Å². The Balaban J connectivity index is 1.19. The van der Waals surface area contributed by atoms with Gasteiger partial charge in [0, 0.05) is 36.5 Å². The van der Waals surface area contributed by atoms with Gasteiger partial charge in [-0.25, -0.2) is 4.98 Å². The van der Waals surface area contributed by atoms with E-state index in [1.54, 1.807) is 4.90 Å². The van der Waals surface area contributed by atoms with Crippen LogP contribution in [0.15, 0.2) is 73.1 Å². The summed E-state index contributed by atoms with van der Waals surface area (Å²) in [7, 11) is 0. The molecule has 0 unspecified atom stereocenters. The van der Waals surface area contributed by atoms with Crippen LogP contribution >= 0.6 is 0 Å². The highest BCUT2D eigenvalue weighted by molar-refractivity contribution is 5.99. The van der Waals surface area contributed by atoms with Crippen LogP contribution in [0.1, 0.15) is 18.4 Å². The molecule has 2 amide bonds. The molecular weight excluding hydrogens is 416 g/mol. The van der Waals surface area contributed by atoms with Gasteiger partial charge in [0.1, 0.15) is 18.0 Å². The van der Waals surface area contributed by atoms with Crippen LogP contribution in [0.3, 0.4) is 0 Å². The number of carbonyl (C=O) groups is 2. The first-order valence-electron chi connectivity index (χ1n) is 11.0. The van der Waals surface area contributed by atoms with Crippen molar-refractivity contribution in [2.24, 2.45) is 0 Å². The van der Waals surface area contributed by atoms with Crippen molar-refractivity contribution in [3.63, 3.8) is 0 Å². The van der Waals surface area contributed by atoms with Crippen molar-refractivity contribution in [3.8, 4) is 17.0 Å². The molecule has 33 heavy (non-hydrogen) atoms.